The lowest BCUT2D eigenvalue weighted by Crippen LogP contribution is -2.48. The van der Waals surface area contributed by atoms with Crippen LogP contribution in [-0.2, 0) is 17.8 Å². The van der Waals surface area contributed by atoms with Gasteiger partial charge in [-0.3, -0.25) is 4.79 Å². The number of rotatable bonds is 9. The van der Waals surface area contributed by atoms with Gasteiger partial charge in [-0.25, -0.2) is 0 Å². The molecule has 0 aliphatic heterocycles. The van der Waals surface area contributed by atoms with Gasteiger partial charge in [0.2, 0.25) is 5.91 Å². The molecule has 2 aromatic carbocycles. The predicted molar refractivity (Wildman–Crippen MR) is 106 cm³/mol. The number of hydrogen-bond acceptors (Lipinski definition) is 4. The maximum atomic E-state index is 11.5. The molecule has 0 saturated carbocycles. The van der Waals surface area contributed by atoms with Gasteiger partial charge in [-0.05, 0) is 29.7 Å². The third-order valence-corrected chi connectivity index (χ3v) is 3.97. The van der Waals surface area contributed by atoms with Gasteiger partial charge in [0.15, 0.2) is 0 Å². The van der Waals surface area contributed by atoms with Crippen molar-refractivity contribution in [3.8, 4) is 5.75 Å². The number of ether oxygens (including phenoxy) is 1. The van der Waals surface area contributed by atoms with E-state index in [1.807, 2.05) is 54.6 Å². The Morgan fingerprint density at radius 1 is 1.12 bits per heavy atom. The molecule has 5 nitrogen and oxygen atoms in total. The molecule has 26 heavy (non-hydrogen) atoms. The van der Waals surface area contributed by atoms with Crippen LogP contribution in [0, 0.1) is 0 Å². The molecular formula is C20H27ClN2O3. The van der Waals surface area contributed by atoms with Gasteiger partial charge in [-0.15, -0.1) is 12.4 Å². The lowest BCUT2D eigenvalue weighted by Gasteiger charge is -2.24. The maximum Gasteiger partial charge on any atom is 0.217 e. The molecule has 0 aliphatic carbocycles. The third-order valence-electron chi connectivity index (χ3n) is 3.97. The molecular weight excluding hydrogens is 352 g/mol. The van der Waals surface area contributed by atoms with E-state index >= 15 is 0 Å². The molecule has 0 unspecified atom stereocenters. The third kappa shape index (κ3) is 7.44. The Balaban J connectivity index is 0.00000338. The first-order chi connectivity index (χ1) is 12.1. The fourth-order valence-electron chi connectivity index (χ4n) is 2.70. The van der Waals surface area contributed by atoms with Crippen LogP contribution in [0.2, 0.25) is 0 Å². The van der Waals surface area contributed by atoms with Crippen molar-refractivity contribution in [2.45, 2.75) is 32.0 Å². The van der Waals surface area contributed by atoms with Crippen LogP contribution in [0.5, 0.6) is 5.75 Å². The Bertz CT molecular complexity index is 667. The van der Waals surface area contributed by atoms with Crippen LogP contribution in [0.3, 0.4) is 0 Å². The van der Waals surface area contributed by atoms with Crippen molar-refractivity contribution in [2.24, 2.45) is 0 Å². The largest absolute Gasteiger partial charge is 0.497 e. The summed E-state index contributed by atoms with van der Waals surface area (Å²) in [6.07, 6.45) is -0.0997. The molecule has 142 valence electrons. The van der Waals surface area contributed by atoms with E-state index in [1.54, 1.807) is 7.11 Å². The van der Waals surface area contributed by atoms with Gasteiger partial charge in [-0.2, -0.15) is 0 Å². The van der Waals surface area contributed by atoms with Crippen LogP contribution in [0.25, 0.3) is 0 Å². The minimum Gasteiger partial charge on any atom is -0.497 e. The zero-order valence-corrected chi connectivity index (χ0v) is 16.0. The Labute approximate surface area is 161 Å². The highest BCUT2D eigenvalue weighted by molar-refractivity contribution is 5.85. The second kappa shape index (κ2) is 11.5. The Morgan fingerprint density at radius 3 is 2.46 bits per heavy atom. The number of carbonyl (C=O) groups excluding carboxylic acids is 1. The number of nitrogens with one attached hydrogen (secondary N) is 2. The van der Waals surface area contributed by atoms with Gasteiger partial charge in [0, 0.05) is 20.0 Å². The van der Waals surface area contributed by atoms with Crippen molar-refractivity contribution in [2.75, 3.05) is 13.7 Å². The molecule has 0 heterocycles. The van der Waals surface area contributed by atoms with Crippen molar-refractivity contribution in [3.05, 3.63) is 65.7 Å². The Morgan fingerprint density at radius 2 is 1.81 bits per heavy atom. The van der Waals surface area contributed by atoms with Gasteiger partial charge in [-0.1, -0.05) is 42.5 Å². The van der Waals surface area contributed by atoms with E-state index in [1.165, 1.54) is 6.92 Å². The number of carbonyl (C=O) groups is 1. The number of hydrogen-bond donors (Lipinski definition) is 3. The summed E-state index contributed by atoms with van der Waals surface area (Å²) in [5, 5.41) is 16.6. The first-order valence-electron chi connectivity index (χ1n) is 8.41. The zero-order chi connectivity index (χ0) is 18.1. The molecule has 0 spiro atoms. The second-order valence-corrected chi connectivity index (χ2v) is 6.05. The topological polar surface area (TPSA) is 70.6 Å². The van der Waals surface area contributed by atoms with Gasteiger partial charge < -0.3 is 20.5 Å². The standard InChI is InChI=1S/C20H26N2O3.ClH/c1-15(23)22-19(12-16-7-4-3-5-8-16)20(24)14-21-13-17-9-6-10-18(11-17)25-2;/h3-11,19-21,24H,12-14H2,1-2H3,(H,22,23);1H/t19-,20+;/m0./s1. The summed E-state index contributed by atoms with van der Waals surface area (Å²) in [5.41, 5.74) is 2.15. The molecule has 0 saturated heterocycles. The highest BCUT2D eigenvalue weighted by Crippen LogP contribution is 2.12. The van der Waals surface area contributed by atoms with Crippen LogP contribution in [0.15, 0.2) is 54.6 Å². The fraction of sp³-hybridized carbons (Fsp3) is 0.350. The van der Waals surface area contributed by atoms with E-state index in [9.17, 15) is 9.90 Å². The molecule has 6 heteroatoms. The summed E-state index contributed by atoms with van der Waals surface area (Å²) < 4.78 is 5.21. The van der Waals surface area contributed by atoms with Gasteiger partial charge in [0.05, 0.1) is 19.3 Å². The zero-order valence-electron chi connectivity index (χ0n) is 15.1. The van der Waals surface area contributed by atoms with Crippen molar-refractivity contribution in [3.63, 3.8) is 0 Å². The highest BCUT2D eigenvalue weighted by Gasteiger charge is 2.20. The average Bonchev–Trinajstić information content (AvgIpc) is 2.62. The smallest absolute Gasteiger partial charge is 0.217 e. The molecule has 0 bridgehead atoms. The number of aliphatic hydroxyl groups excluding tert-OH is 1. The monoisotopic (exact) mass is 378 g/mol. The first kappa shape index (κ1) is 22.0. The molecule has 0 aliphatic rings. The highest BCUT2D eigenvalue weighted by atomic mass is 35.5. The SMILES string of the molecule is COc1cccc(CNC[C@@H](O)[C@H](Cc2ccccc2)NC(C)=O)c1.Cl. The average molecular weight is 379 g/mol. The molecule has 0 radical (unpaired) electrons. The molecule has 0 aromatic heterocycles. The number of aliphatic hydroxyl groups is 1. The van der Waals surface area contributed by atoms with E-state index in [-0.39, 0.29) is 24.4 Å². The predicted octanol–water partition coefficient (Wildman–Crippen LogP) is 2.31. The minimum atomic E-state index is -0.685. The van der Waals surface area contributed by atoms with E-state index in [2.05, 4.69) is 10.6 Å². The van der Waals surface area contributed by atoms with Gasteiger partial charge >= 0.3 is 0 Å². The van der Waals surface area contributed by atoms with Crippen molar-refractivity contribution in [1.82, 2.24) is 10.6 Å². The summed E-state index contributed by atoms with van der Waals surface area (Å²) in [5.74, 6) is 0.660. The number of benzene rings is 2. The molecule has 2 aromatic rings. The minimum absolute atomic E-state index is 0. The van der Waals surface area contributed by atoms with E-state index < -0.39 is 6.10 Å². The van der Waals surface area contributed by atoms with Crippen molar-refractivity contribution in [1.29, 1.82) is 0 Å². The van der Waals surface area contributed by atoms with E-state index in [0.717, 1.165) is 16.9 Å². The summed E-state index contributed by atoms with van der Waals surface area (Å²) in [4.78, 5) is 11.5. The second-order valence-electron chi connectivity index (χ2n) is 6.05. The summed E-state index contributed by atoms with van der Waals surface area (Å²) >= 11 is 0. The number of methoxy groups -OCH3 is 1. The quantitative estimate of drug-likeness (QED) is 0.626. The van der Waals surface area contributed by atoms with Crippen LogP contribution >= 0.6 is 12.4 Å². The van der Waals surface area contributed by atoms with Crippen molar-refractivity contribution >= 4 is 18.3 Å². The summed E-state index contributed by atoms with van der Waals surface area (Å²) in [6.45, 7) is 2.47. The first-order valence-corrected chi connectivity index (χ1v) is 8.41. The van der Waals surface area contributed by atoms with E-state index in [0.29, 0.717) is 19.5 Å². The lowest BCUT2D eigenvalue weighted by atomic mass is 10.0. The van der Waals surface area contributed by atoms with Crippen LogP contribution in [0.1, 0.15) is 18.1 Å². The van der Waals surface area contributed by atoms with Gasteiger partial charge in [0.25, 0.3) is 0 Å². The summed E-state index contributed by atoms with van der Waals surface area (Å²) in [7, 11) is 1.64. The Kier molecular flexibility index (Phi) is 9.73. The normalized spacial score (nSPS) is 12.6. The van der Waals surface area contributed by atoms with Gasteiger partial charge in [0.1, 0.15) is 5.75 Å². The van der Waals surface area contributed by atoms with Crippen molar-refractivity contribution < 1.29 is 14.6 Å². The maximum absolute atomic E-state index is 11.5. The van der Waals surface area contributed by atoms with Crippen LogP contribution in [-0.4, -0.2) is 36.8 Å². The van der Waals surface area contributed by atoms with Crippen LogP contribution in [0.4, 0.5) is 0 Å². The lowest BCUT2D eigenvalue weighted by molar-refractivity contribution is -0.120. The molecule has 2 rings (SSSR count). The Hall–Kier alpha value is -2.08. The molecule has 2 atom stereocenters. The fourth-order valence-corrected chi connectivity index (χ4v) is 2.70. The molecule has 0 fully saturated rings. The number of halogens is 1. The number of amides is 1. The molecule has 1 amide bonds. The summed E-state index contributed by atoms with van der Waals surface area (Å²) in [6, 6.07) is 17.3. The van der Waals surface area contributed by atoms with Crippen LogP contribution < -0.4 is 15.4 Å². The molecule has 3 N–H and O–H groups in total. The van der Waals surface area contributed by atoms with E-state index in [4.69, 9.17) is 4.74 Å².